The maximum absolute atomic E-state index is 8.36. The molecule has 0 saturated heterocycles. The molecule has 0 aliphatic heterocycles. The van der Waals surface area contributed by atoms with Crippen molar-refractivity contribution in [1.29, 1.82) is 5.26 Å². The van der Waals surface area contributed by atoms with Crippen molar-refractivity contribution < 1.29 is 0 Å². The van der Waals surface area contributed by atoms with Crippen molar-refractivity contribution in [2.24, 2.45) is 10.7 Å². The van der Waals surface area contributed by atoms with Gasteiger partial charge in [0.05, 0.1) is 18.2 Å². The van der Waals surface area contributed by atoms with Crippen LogP contribution in [0.3, 0.4) is 0 Å². The molecule has 0 fully saturated rings. The Labute approximate surface area is 163 Å². The van der Waals surface area contributed by atoms with E-state index in [-0.39, 0.29) is 0 Å². The van der Waals surface area contributed by atoms with Crippen LogP contribution >= 0.6 is 11.6 Å². The molecule has 0 saturated carbocycles. The summed E-state index contributed by atoms with van der Waals surface area (Å²) in [5.74, 6) is 0.484. The molecule has 3 aromatic carbocycles. The molecule has 0 aliphatic carbocycles. The number of hydrogen-bond acceptors (Lipinski definition) is 4. The molecule has 0 radical (unpaired) electrons. The van der Waals surface area contributed by atoms with Crippen LogP contribution in [0.4, 0.5) is 11.4 Å². The largest absolute Gasteiger partial charge is 0.399 e. The van der Waals surface area contributed by atoms with Crippen LogP contribution in [0.1, 0.15) is 16.7 Å². The molecule has 0 aromatic heterocycles. The lowest BCUT2D eigenvalue weighted by Crippen LogP contribution is -2.13. The molecule has 0 atom stereocenters. The van der Waals surface area contributed by atoms with Crippen molar-refractivity contribution in [3.8, 4) is 6.07 Å². The summed E-state index contributed by atoms with van der Waals surface area (Å²) in [6, 6.07) is 23.7. The number of benzene rings is 3. The van der Waals surface area contributed by atoms with Crippen LogP contribution in [-0.2, 0) is 6.54 Å². The molecule has 136 valence electrons. The summed E-state index contributed by atoms with van der Waals surface area (Å²) in [6.07, 6.45) is 0. The van der Waals surface area contributed by atoms with E-state index in [1.165, 1.54) is 0 Å². The van der Waals surface area contributed by atoms with Gasteiger partial charge in [0.2, 0.25) is 0 Å². The highest BCUT2D eigenvalue weighted by Gasteiger charge is 1.99. The van der Waals surface area contributed by atoms with Gasteiger partial charge in [0.1, 0.15) is 5.84 Å². The number of aliphatic imine (C=N–C) groups is 1. The number of nitrogens with two attached hydrogens (primary N) is 3. The second kappa shape index (κ2) is 9.85. The first-order chi connectivity index (χ1) is 13.0. The molecule has 0 bridgehead atoms. The van der Waals surface area contributed by atoms with Crippen molar-refractivity contribution in [3.05, 3.63) is 94.5 Å². The van der Waals surface area contributed by atoms with Crippen molar-refractivity contribution >= 4 is 28.8 Å². The summed E-state index contributed by atoms with van der Waals surface area (Å²) < 4.78 is 0. The quantitative estimate of drug-likeness (QED) is 0.364. The van der Waals surface area contributed by atoms with Gasteiger partial charge in [-0.25, -0.2) is 0 Å². The Kier molecular flexibility index (Phi) is 7.24. The van der Waals surface area contributed by atoms with Crippen LogP contribution in [0.5, 0.6) is 0 Å². The van der Waals surface area contributed by atoms with E-state index >= 15 is 0 Å². The van der Waals surface area contributed by atoms with Gasteiger partial charge in [-0.15, -0.1) is 0 Å². The SMILES string of the molecule is N#Cc1cccc(N)c1.NC(=NCc1ccc(Cl)cc1)c1cccc(N)c1. The van der Waals surface area contributed by atoms with Crippen LogP contribution < -0.4 is 17.2 Å². The van der Waals surface area contributed by atoms with Gasteiger partial charge in [0.25, 0.3) is 0 Å². The van der Waals surface area contributed by atoms with Crippen LogP contribution in [0.2, 0.25) is 5.02 Å². The van der Waals surface area contributed by atoms with Crippen molar-refractivity contribution in [1.82, 2.24) is 0 Å². The average Bonchev–Trinajstić information content (AvgIpc) is 2.68. The zero-order chi connectivity index (χ0) is 19.6. The number of anilines is 2. The molecular formula is C21H20ClN5. The van der Waals surface area contributed by atoms with E-state index in [0.29, 0.717) is 34.3 Å². The topological polar surface area (TPSA) is 114 Å². The number of rotatable bonds is 3. The van der Waals surface area contributed by atoms with Gasteiger partial charge < -0.3 is 17.2 Å². The molecule has 0 spiro atoms. The third-order valence-corrected chi connectivity index (χ3v) is 3.80. The number of hydrogen-bond donors (Lipinski definition) is 3. The Bertz CT molecular complexity index is 959. The number of nitrogen functional groups attached to an aromatic ring is 2. The fourth-order valence-corrected chi connectivity index (χ4v) is 2.29. The molecule has 3 aromatic rings. The minimum Gasteiger partial charge on any atom is -0.399 e. The van der Waals surface area contributed by atoms with E-state index in [1.54, 1.807) is 30.3 Å². The van der Waals surface area contributed by atoms with E-state index < -0.39 is 0 Å². The number of amidine groups is 1. The summed E-state index contributed by atoms with van der Waals surface area (Å²) >= 11 is 5.81. The minimum absolute atomic E-state index is 0.484. The highest BCUT2D eigenvalue weighted by molar-refractivity contribution is 6.30. The Morgan fingerprint density at radius 3 is 2.11 bits per heavy atom. The fourth-order valence-electron chi connectivity index (χ4n) is 2.16. The monoisotopic (exact) mass is 377 g/mol. The average molecular weight is 378 g/mol. The van der Waals surface area contributed by atoms with Crippen molar-refractivity contribution in [3.63, 3.8) is 0 Å². The Hall–Kier alpha value is -3.49. The molecule has 0 heterocycles. The Morgan fingerprint density at radius 1 is 0.926 bits per heavy atom. The van der Waals surface area contributed by atoms with Crippen LogP contribution in [0, 0.1) is 11.3 Å². The number of nitriles is 1. The fraction of sp³-hybridized carbons (Fsp3) is 0.0476. The number of nitrogens with zero attached hydrogens (tertiary/aromatic N) is 2. The molecule has 3 rings (SSSR count). The predicted octanol–water partition coefficient (Wildman–Crippen LogP) is 3.97. The summed E-state index contributed by atoms with van der Waals surface area (Å²) in [5.41, 5.74) is 20.8. The third-order valence-electron chi connectivity index (χ3n) is 3.54. The van der Waals surface area contributed by atoms with Gasteiger partial charge >= 0.3 is 0 Å². The maximum Gasteiger partial charge on any atom is 0.126 e. The summed E-state index contributed by atoms with van der Waals surface area (Å²) in [5, 5.41) is 9.07. The Morgan fingerprint density at radius 2 is 1.56 bits per heavy atom. The van der Waals surface area contributed by atoms with Crippen LogP contribution in [0.15, 0.2) is 77.8 Å². The first kappa shape index (κ1) is 19.8. The number of halogens is 1. The maximum atomic E-state index is 8.36. The van der Waals surface area contributed by atoms with Gasteiger partial charge in [0, 0.05) is 22.0 Å². The first-order valence-corrected chi connectivity index (χ1v) is 8.51. The van der Waals surface area contributed by atoms with E-state index in [0.717, 1.165) is 11.1 Å². The summed E-state index contributed by atoms with van der Waals surface area (Å²) in [4.78, 5) is 4.33. The summed E-state index contributed by atoms with van der Waals surface area (Å²) in [6.45, 7) is 0.526. The van der Waals surface area contributed by atoms with E-state index in [9.17, 15) is 0 Å². The van der Waals surface area contributed by atoms with Gasteiger partial charge in [-0.2, -0.15) is 5.26 Å². The highest BCUT2D eigenvalue weighted by atomic mass is 35.5. The second-order valence-corrected chi connectivity index (χ2v) is 6.13. The van der Waals surface area contributed by atoms with Crippen LogP contribution in [-0.4, -0.2) is 5.84 Å². The van der Waals surface area contributed by atoms with Gasteiger partial charge in [-0.1, -0.05) is 41.9 Å². The van der Waals surface area contributed by atoms with Crippen molar-refractivity contribution in [2.75, 3.05) is 11.5 Å². The molecule has 5 nitrogen and oxygen atoms in total. The standard InChI is InChI=1S/C14H14ClN3.C7H6N2/c15-12-6-4-10(5-7-12)9-18-14(17)11-2-1-3-13(16)8-11;8-5-6-2-1-3-7(9)4-6/h1-8H,9,16H2,(H2,17,18);1-4H,9H2. The molecule has 0 unspecified atom stereocenters. The Balaban J connectivity index is 0.000000244. The molecule has 0 amide bonds. The predicted molar refractivity (Wildman–Crippen MR) is 112 cm³/mol. The molecule has 6 heteroatoms. The lowest BCUT2D eigenvalue weighted by molar-refractivity contribution is 1.06. The van der Waals surface area contributed by atoms with E-state index in [4.69, 9.17) is 34.1 Å². The molecule has 27 heavy (non-hydrogen) atoms. The smallest absolute Gasteiger partial charge is 0.126 e. The van der Waals surface area contributed by atoms with Gasteiger partial charge in [0.15, 0.2) is 0 Å². The van der Waals surface area contributed by atoms with Crippen LogP contribution in [0.25, 0.3) is 0 Å². The zero-order valence-electron chi connectivity index (χ0n) is 14.6. The van der Waals surface area contributed by atoms with Gasteiger partial charge in [-0.05, 0) is 48.0 Å². The highest BCUT2D eigenvalue weighted by Crippen LogP contribution is 2.11. The van der Waals surface area contributed by atoms with Crippen molar-refractivity contribution in [2.45, 2.75) is 6.54 Å². The van der Waals surface area contributed by atoms with Gasteiger partial charge in [-0.3, -0.25) is 4.99 Å². The summed E-state index contributed by atoms with van der Waals surface area (Å²) in [7, 11) is 0. The minimum atomic E-state index is 0.484. The van der Waals surface area contributed by atoms with E-state index in [2.05, 4.69) is 4.99 Å². The first-order valence-electron chi connectivity index (χ1n) is 8.14. The lowest BCUT2D eigenvalue weighted by Gasteiger charge is -2.03. The normalized spacial score (nSPS) is 10.4. The molecule has 6 N–H and O–H groups in total. The molecule has 0 aliphatic rings. The second-order valence-electron chi connectivity index (χ2n) is 5.69. The molecular weight excluding hydrogens is 358 g/mol. The van der Waals surface area contributed by atoms with E-state index in [1.807, 2.05) is 48.5 Å². The lowest BCUT2D eigenvalue weighted by atomic mass is 10.2. The zero-order valence-corrected chi connectivity index (χ0v) is 15.4. The third kappa shape index (κ3) is 6.73.